The number of aromatic nitrogens is 1. The van der Waals surface area contributed by atoms with Gasteiger partial charge in [0.1, 0.15) is 5.75 Å². The SMILES string of the molecule is COc1cccc(C(=O)Nc2ccc3[nH]c(=O)sc3c2)c1. The lowest BCUT2D eigenvalue weighted by molar-refractivity contribution is 0.102. The molecule has 5 nitrogen and oxygen atoms in total. The summed E-state index contributed by atoms with van der Waals surface area (Å²) in [6.07, 6.45) is 0. The average Bonchev–Trinajstić information content (AvgIpc) is 2.86. The van der Waals surface area contributed by atoms with Gasteiger partial charge in [0.25, 0.3) is 5.91 Å². The van der Waals surface area contributed by atoms with Crippen LogP contribution in [0.5, 0.6) is 5.75 Å². The number of thiazole rings is 1. The number of H-pyrrole nitrogens is 1. The maximum Gasteiger partial charge on any atom is 0.305 e. The van der Waals surface area contributed by atoms with E-state index in [0.29, 0.717) is 17.0 Å². The van der Waals surface area contributed by atoms with Crippen LogP contribution in [0.2, 0.25) is 0 Å². The molecule has 0 bridgehead atoms. The minimum absolute atomic E-state index is 0.110. The number of aromatic amines is 1. The first-order chi connectivity index (χ1) is 10.2. The second-order valence-electron chi connectivity index (χ2n) is 4.41. The van der Waals surface area contributed by atoms with Crippen molar-refractivity contribution in [1.82, 2.24) is 4.98 Å². The number of nitrogens with one attached hydrogen (secondary N) is 2. The van der Waals surface area contributed by atoms with Gasteiger partial charge in [0, 0.05) is 11.3 Å². The van der Waals surface area contributed by atoms with Crippen LogP contribution in [-0.4, -0.2) is 18.0 Å². The molecular weight excluding hydrogens is 288 g/mol. The highest BCUT2D eigenvalue weighted by Gasteiger charge is 2.08. The summed E-state index contributed by atoms with van der Waals surface area (Å²) in [7, 11) is 1.55. The minimum atomic E-state index is -0.226. The van der Waals surface area contributed by atoms with Gasteiger partial charge in [-0.25, -0.2) is 0 Å². The number of hydrogen-bond donors (Lipinski definition) is 2. The van der Waals surface area contributed by atoms with E-state index in [1.54, 1.807) is 49.6 Å². The van der Waals surface area contributed by atoms with Crippen molar-refractivity contribution in [2.45, 2.75) is 0 Å². The molecule has 3 rings (SSSR count). The fourth-order valence-electron chi connectivity index (χ4n) is 1.99. The van der Waals surface area contributed by atoms with Crippen LogP contribution in [0.1, 0.15) is 10.4 Å². The molecule has 0 spiro atoms. The second-order valence-corrected chi connectivity index (χ2v) is 5.43. The monoisotopic (exact) mass is 300 g/mol. The lowest BCUT2D eigenvalue weighted by Crippen LogP contribution is -2.11. The molecule has 0 aliphatic carbocycles. The van der Waals surface area contributed by atoms with Gasteiger partial charge in [0.2, 0.25) is 0 Å². The number of carbonyl (C=O) groups is 1. The molecule has 0 saturated heterocycles. The van der Waals surface area contributed by atoms with Gasteiger partial charge < -0.3 is 15.0 Å². The van der Waals surface area contributed by atoms with Crippen LogP contribution in [0.15, 0.2) is 47.3 Å². The topological polar surface area (TPSA) is 71.2 Å². The van der Waals surface area contributed by atoms with Gasteiger partial charge in [0.05, 0.1) is 17.3 Å². The van der Waals surface area contributed by atoms with Crippen molar-refractivity contribution in [2.24, 2.45) is 0 Å². The van der Waals surface area contributed by atoms with Gasteiger partial charge in [-0.3, -0.25) is 9.59 Å². The molecule has 106 valence electrons. The zero-order valence-electron chi connectivity index (χ0n) is 11.2. The molecule has 2 aromatic carbocycles. The summed E-state index contributed by atoms with van der Waals surface area (Å²) in [5.41, 5.74) is 1.92. The summed E-state index contributed by atoms with van der Waals surface area (Å²) in [5.74, 6) is 0.401. The number of amides is 1. The number of carbonyl (C=O) groups excluding carboxylic acids is 1. The predicted molar refractivity (Wildman–Crippen MR) is 83.4 cm³/mol. The molecule has 0 unspecified atom stereocenters. The van der Waals surface area contributed by atoms with Gasteiger partial charge in [-0.05, 0) is 36.4 Å². The predicted octanol–water partition coefficient (Wildman–Crippen LogP) is 2.85. The first-order valence-corrected chi connectivity index (χ1v) is 7.05. The summed E-state index contributed by atoms with van der Waals surface area (Å²) in [4.78, 5) is 26.1. The Morgan fingerprint density at radius 1 is 1.24 bits per heavy atom. The van der Waals surface area contributed by atoms with E-state index < -0.39 is 0 Å². The number of fused-ring (bicyclic) bond motifs is 1. The highest BCUT2D eigenvalue weighted by molar-refractivity contribution is 7.16. The van der Waals surface area contributed by atoms with Crippen LogP contribution in [0.4, 0.5) is 5.69 Å². The Bertz CT molecular complexity index is 866. The third-order valence-corrected chi connectivity index (χ3v) is 3.86. The highest BCUT2D eigenvalue weighted by atomic mass is 32.1. The molecule has 1 aromatic heterocycles. The zero-order chi connectivity index (χ0) is 14.8. The summed E-state index contributed by atoms with van der Waals surface area (Å²) >= 11 is 1.11. The quantitative estimate of drug-likeness (QED) is 0.781. The van der Waals surface area contributed by atoms with Crippen LogP contribution in [0.25, 0.3) is 10.2 Å². The van der Waals surface area contributed by atoms with Crippen LogP contribution in [0.3, 0.4) is 0 Å². The molecule has 0 aliphatic rings. The van der Waals surface area contributed by atoms with Crippen LogP contribution >= 0.6 is 11.3 Å². The summed E-state index contributed by atoms with van der Waals surface area (Å²) in [5, 5.41) is 2.81. The molecule has 0 saturated carbocycles. The van der Waals surface area contributed by atoms with Crippen molar-refractivity contribution < 1.29 is 9.53 Å². The summed E-state index contributed by atoms with van der Waals surface area (Å²) in [6, 6.07) is 12.2. The van der Waals surface area contributed by atoms with Crippen LogP contribution < -0.4 is 14.9 Å². The molecule has 0 radical (unpaired) electrons. The number of hydrogen-bond acceptors (Lipinski definition) is 4. The Hall–Kier alpha value is -2.60. The number of benzene rings is 2. The van der Waals surface area contributed by atoms with Crippen LogP contribution in [0, 0.1) is 0 Å². The normalized spacial score (nSPS) is 10.5. The van der Waals surface area contributed by atoms with Gasteiger partial charge in [-0.15, -0.1) is 0 Å². The van der Waals surface area contributed by atoms with Crippen molar-refractivity contribution in [2.75, 3.05) is 12.4 Å². The van der Waals surface area contributed by atoms with Gasteiger partial charge in [0.15, 0.2) is 0 Å². The van der Waals surface area contributed by atoms with Gasteiger partial charge >= 0.3 is 4.87 Å². The molecule has 1 heterocycles. The van der Waals surface area contributed by atoms with Crippen molar-refractivity contribution in [3.63, 3.8) is 0 Å². The van der Waals surface area contributed by atoms with Crippen molar-refractivity contribution >= 4 is 33.1 Å². The largest absolute Gasteiger partial charge is 0.497 e. The molecule has 6 heteroatoms. The number of methoxy groups -OCH3 is 1. The molecular formula is C15H12N2O3S. The van der Waals surface area contributed by atoms with Crippen LogP contribution in [-0.2, 0) is 0 Å². The maximum absolute atomic E-state index is 12.2. The van der Waals surface area contributed by atoms with Gasteiger partial charge in [-0.1, -0.05) is 17.4 Å². The van der Waals surface area contributed by atoms with Crippen molar-refractivity contribution in [3.8, 4) is 5.75 Å². The number of ether oxygens (including phenoxy) is 1. The average molecular weight is 300 g/mol. The smallest absolute Gasteiger partial charge is 0.305 e. The first kappa shape index (κ1) is 13.4. The van der Waals surface area contributed by atoms with E-state index >= 15 is 0 Å². The van der Waals surface area contributed by atoms with E-state index in [1.165, 1.54) is 0 Å². The minimum Gasteiger partial charge on any atom is -0.497 e. The fourth-order valence-corrected chi connectivity index (χ4v) is 2.77. The van der Waals surface area contributed by atoms with Crippen molar-refractivity contribution in [1.29, 1.82) is 0 Å². The Morgan fingerprint density at radius 3 is 2.90 bits per heavy atom. The van der Waals surface area contributed by atoms with Gasteiger partial charge in [-0.2, -0.15) is 0 Å². The van der Waals surface area contributed by atoms with E-state index in [4.69, 9.17) is 4.74 Å². The van der Waals surface area contributed by atoms with E-state index in [2.05, 4.69) is 10.3 Å². The van der Waals surface area contributed by atoms with Crippen molar-refractivity contribution in [3.05, 3.63) is 57.7 Å². The lowest BCUT2D eigenvalue weighted by Gasteiger charge is -2.06. The Morgan fingerprint density at radius 2 is 2.10 bits per heavy atom. The first-order valence-electron chi connectivity index (χ1n) is 6.24. The Kier molecular flexibility index (Phi) is 3.45. The molecule has 0 aliphatic heterocycles. The highest BCUT2D eigenvalue weighted by Crippen LogP contribution is 2.20. The molecule has 1 amide bonds. The second kappa shape index (κ2) is 5.41. The Labute approximate surface area is 124 Å². The number of anilines is 1. The lowest BCUT2D eigenvalue weighted by atomic mass is 10.2. The number of rotatable bonds is 3. The molecule has 21 heavy (non-hydrogen) atoms. The van der Waals surface area contributed by atoms with E-state index in [1.807, 2.05) is 0 Å². The molecule has 2 N–H and O–H groups in total. The third-order valence-electron chi connectivity index (χ3n) is 3.01. The third kappa shape index (κ3) is 2.80. The zero-order valence-corrected chi connectivity index (χ0v) is 12.0. The summed E-state index contributed by atoms with van der Waals surface area (Å²) in [6.45, 7) is 0. The van der Waals surface area contributed by atoms with E-state index in [0.717, 1.165) is 21.6 Å². The Balaban J connectivity index is 1.86. The fraction of sp³-hybridized carbons (Fsp3) is 0.0667. The van der Waals surface area contributed by atoms with E-state index in [9.17, 15) is 9.59 Å². The molecule has 0 atom stereocenters. The molecule has 0 fully saturated rings. The van der Waals surface area contributed by atoms with E-state index in [-0.39, 0.29) is 10.8 Å². The molecule has 3 aromatic rings. The maximum atomic E-state index is 12.2. The summed E-state index contributed by atoms with van der Waals surface area (Å²) < 4.78 is 5.91. The standard InChI is InChI=1S/C15H12N2O3S/c1-20-11-4-2-3-9(7-11)14(18)16-10-5-6-12-13(8-10)21-15(19)17-12/h2-8H,1H3,(H,16,18)(H,17,19).